The minimum Gasteiger partial charge on any atom is -0.484 e. The molecule has 1 fully saturated rings. The zero-order valence-corrected chi connectivity index (χ0v) is 8.81. The predicted octanol–water partition coefficient (Wildman–Crippen LogP) is 0.361. The third kappa shape index (κ3) is 2.87. The Balaban J connectivity index is 1.92. The van der Waals surface area contributed by atoms with Crippen molar-refractivity contribution < 1.29 is 14.3 Å². The van der Waals surface area contributed by atoms with E-state index >= 15 is 0 Å². The Morgan fingerprint density at radius 1 is 1.56 bits per heavy atom. The lowest BCUT2D eigenvalue weighted by Gasteiger charge is -2.27. The largest absolute Gasteiger partial charge is 0.484 e. The number of carbonyl (C=O) groups excluding carboxylic acids is 1. The maximum absolute atomic E-state index is 10.6. The van der Waals surface area contributed by atoms with Crippen LogP contribution in [0, 0.1) is 0 Å². The summed E-state index contributed by atoms with van der Waals surface area (Å²) >= 11 is 0. The van der Waals surface area contributed by atoms with Crippen LogP contribution in [-0.2, 0) is 9.53 Å². The fourth-order valence-electron chi connectivity index (χ4n) is 1.38. The van der Waals surface area contributed by atoms with Crippen molar-refractivity contribution in [3.8, 4) is 5.75 Å². The van der Waals surface area contributed by atoms with E-state index < -0.39 is 5.91 Å². The van der Waals surface area contributed by atoms with E-state index in [9.17, 15) is 4.79 Å². The minimum absolute atomic E-state index is 0.101. The first-order chi connectivity index (χ1) is 7.74. The molecular weight excluding hydrogens is 208 g/mol. The fraction of sp³-hybridized carbons (Fsp3) is 0.364. The number of benzene rings is 1. The number of carbonyl (C=O) groups is 1. The molecule has 3 N–H and O–H groups in total. The van der Waals surface area contributed by atoms with E-state index in [1.54, 1.807) is 6.07 Å². The highest BCUT2D eigenvalue weighted by Crippen LogP contribution is 2.19. The Kier molecular flexibility index (Phi) is 3.26. The van der Waals surface area contributed by atoms with Crippen LogP contribution in [0.3, 0.4) is 0 Å². The Morgan fingerprint density at radius 3 is 3.00 bits per heavy atom. The van der Waals surface area contributed by atoms with Gasteiger partial charge < -0.3 is 20.5 Å². The summed E-state index contributed by atoms with van der Waals surface area (Å²) in [7, 11) is 0. The second-order valence-electron chi connectivity index (χ2n) is 3.66. The number of hydrogen-bond donors (Lipinski definition) is 2. The van der Waals surface area contributed by atoms with Crippen molar-refractivity contribution >= 4 is 11.6 Å². The number of hydrogen-bond acceptors (Lipinski definition) is 4. The average molecular weight is 222 g/mol. The van der Waals surface area contributed by atoms with E-state index in [2.05, 4.69) is 5.32 Å². The highest BCUT2D eigenvalue weighted by Gasteiger charge is 2.17. The van der Waals surface area contributed by atoms with E-state index in [4.69, 9.17) is 15.2 Å². The van der Waals surface area contributed by atoms with Crippen LogP contribution < -0.4 is 15.8 Å². The van der Waals surface area contributed by atoms with Crippen molar-refractivity contribution in [3.05, 3.63) is 24.3 Å². The second kappa shape index (κ2) is 4.85. The van der Waals surface area contributed by atoms with Crippen LogP contribution in [0.25, 0.3) is 0 Å². The highest BCUT2D eigenvalue weighted by atomic mass is 16.5. The van der Waals surface area contributed by atoms with E-state index in [0.717, 1.165) is 18.9 Å². The van der Waals surface area contributed by atoms with Gasteiger partial charge in [0.2, 0.25) is 0 Å². The van der Waals surface area contributed by atoms with Crippen LogP contribution in [0.1, 0.15) is 0 Å². The summed E-state index contributed by atoms with van der Waals surface area (Å²) in [4.78, 5) is 10.6. The molecule has 0 aliphatic carbocycles. The molecule has 1 heterocycles. The molecule has 1 aromatic carbocycles. The van der Waals surface area contributed by atoms with Crippen molar-refractivity contribution in [1.29, 1.82) is 0 Å². The second-order valence-corrected chi connectivity index (χ2v) is 3.66. The number of nitrogens with two attached hydrogens (primary N) is 1. The quantitative estimate of drug-likeness (QED) is 0.754. The van der Waals surface area contributed by atoms with Crippen molar-refractivity contribution in [2.45, 2.75) is 6.04 Å². The number of anilines is 1. The SMILES string of the molecule is NC(=O)COc1cccc(NC2COC2)c1. The van der Waals surface area contributed by atoms with Gasteiger partial charge in [0.25, 0.3) is 5.91 Å². The van der Waals surface area contributed by atoms with Crippen LogP contribution in [0.5, 0.6) is 5.75 Å². The molecule has 1 saturated heterocycles. The van der Waals surface area contributed by atoms with Gasteiger partial charge in [0.15, 0.2) is 6.61 Å². The standard InChI is InChI=1S/C11H14N2O3/c12-11(14)7-16-10-3-1-2-8(4-10)13-9-5-15-6-9/h1-4,9,13H,5-7H2,(H2,12,14). The van der Waals surface area contributed by atoms with E-state index in [1.807, 2.05) is 18.2 Å². The van der Waals surface area contributed by atoms with Crippen LogP contribution in [0.4, 0.5) is 5.69 Å². The van der Waals surface area contributed by atoms with E-state index in [-0.39, 0.29) is 6.61 Å². The van der Waals surface area contributed by atoms with Crippen molar-refractivity contribution in [1.82, 2.24) is 0 Å². The normalized spacial score (nSPS) is 15.2. The number of amides is 1. The molecule has 0 aromatic heterocycles. The predicted molar refractivity (Wildman–Crippen MR) is 59.4 cm³/mol. The topological polar surface area (TPSA) is 73.6 Å². The van der Waals surface area contributed by atoms with Gasteiger partial charge in [0, 0.05) is 11.8 Å². The zero-order valence-electron chi connectivity index (χ0n) is 8.81. The van der Waals surface area contributed by atoms with Gasteiger partial charge in [-0.2, -0.15) is 0 Å². The van der Waals surface area contributed by atoms with Crippen LogP contribution in [-0.4, -0.2) is 31.8 Å². The Morgan fingerprint density at radius 2 is 2.38 bits per heavy atom. The first kappa shape index (κ1) is 10.8. The molecule has 0 bridgehead atoms. The lowest BCUT2D eigenvalue weighted by molar-refractivity contribution is -0.119. The third-order valence-electron chi connectivity index (χ3n) is 2.22. The maximum atomic E-state index is 10.6. The van der Waals surface area contributed by atoms with Gasteiger partial charge in [0.1, 0.15) is 5.75 Å². The summed E-state index contributed by atoms with van der Waals surface area (Å²) in [6, 6.07) is 7.78. The summed E-state index contributed by atoms with van der Waals surface area (Å²) in [5, 5.41) is 3.29. The van der Waals surface area contributed by atoms with E-state index in [0.29, 0.717) is 11.8 Å². The van der Waals surface area contributed by atoms with Crippen molar-refractivity contribution in [2.24, 2.45) is 5.73 Å². The molecule has 2 rings (SSSR count). The Bertz CT molecular complexity index is 377. The first-order valence-electron chi connectivity index (χ1n) is 5.09. The molecule has 1 amide bonds. The van der Waals surface area contributed by atoms with Crippen LogP contribution in [0.15, 0.2) is 24.3 Å². The summed E-state index contributed by atoms with van der Waals surface area (Å²) in [6.45, 7) is 1.36. The zero-order chi connectivity index (χ0) is 11.4. The summed E-state index contributed by atoms with van der Waals surface area (Å²) < 4.78 is 10.3. The van der Waals surface area contributed by atoms with Crippen molar-refractivity contribution in [3.63, 3.8) is 0 Å². The molecule has 1 aromatic rings. The van der Waals surface area contributed by atoms with Gasteiger partial charge in [-0.3, -0.25) is 4.79 Å². The lowest BCUT2D eigenvalue weighted by Crippen LogP contribution is -2.40. The first-order valence-corrected chi connectivity index (χ1v) is 5.09. The summed E-state index contributed by atoms with van der Waals surface area (Å²) in [5.74, 6) is 0.148. The fourth-order valence-corrected chi connectivity index (χ4v) is 1.38. The molecule has 0 spiro atoms. The minimum atomic E-state index is -0.481. The van der Waals surface area contributed by atoms with Crippen LogP contribution in [0.2, 0.25) is 0 Å². The molecule has 0 atom stereocenters. The molecule has 0 unspecified atom stereocenters. The highest BCUT2D eigenvalue weighted by molar-refractivity contribution is 5.75. The molecule has 86 valence electrons. The van der Waals surface area contributed by atoms with E-state index in [1.165, 1.54) is 0 Å². The number of nitrogens with one attached hydrogen (secondary N) is 1. The number of ether oxygens (including phenoxy) is 2. The molecular formula is C11H14N2O3. The van der Waals surface area contributed by atoms with Gasteiger partial charge in [0.05, 0.1) is 19.3 Å². The number of rotatable bonds is 5. The monoisotopic (exact) mass is 222 g/mol. The molecule has 5 heteroatoms. The van der Waals surface area contributed by atoms with Crippen LogP contribution >= 0.6 is 0 Å². The molecule has 0 radical (unpaired) electrons. The molecule has 1 aliphatic rings. The number of primary amides is 1. The molecule has 16 heavy (non-hydrogen) atoms. The Hall–Kier alpha value is -1.75. The van der Waals surface area contributed by atoms with Gasteiger partial charge in [-0.25, -0.2) is 0 Å². The summed E-state index contributed by atoms with van der Waals surface area (Å²) in [6.07, 6.45) is 0. The Labute approximate surface area is 93.5 Å². The summed E-state index contributed by atoms with van der Waals surface area (Å²) in [5.41, 5.74) is 5.95. The molecule has 0 saturated carbocycles. The van der Waals surface area contributed by atoms with Crippen molar-refractivity contribution in [2.75, 3.05) is 25.1 Å². The third-order valence-corrected chi connectivity index (χ3v) is 2.22. The van der Waals surface area contributed by atoms with Gasteiger partial charge >= 0.3 is 0 Å². The molecule has 5 nitrogen and oxygen atoms in total. The molecule has 1 aliphatic heterocycles. The lowest BCUT2D eigenvalue weighted by atomic mass is 10.2. The van der Waals surface area contributed by atoms with Gasteiger partial charge in [-0.15, -0.1) is 0 Å². The average Bonchev–Trinajstić information content (AvgIpc) is 2.21. The van der Waals surface area contributed by atoms with Gasteiger partial charge in [-0.1, -0.05) is 6.07 Å². The van der Waals surface area contributed by atoms with Gasteiger partial charge in [-0.05, 0) is 12.1 Å². The maximum Gasteiger partial charge on any atom is 0.255 e. The smallest absolute Gasteiger partial charge is 0.255 e.